The van der Waals surface area contributed by atoms with Crippen molar-refractivity contribution in [1.29, 1.82) is 0 Å². The normalized spacial score (nSPS) is 22.2. The van der Waals surface area contributed by atoms with Gasteiger partial charge in [0.25, 0.3) is 5.91 Å². The first-order chi connectivity index (χ1) is 36.0. The van der Waals surface area contributed by atoms with E-state index in [2.05, 4.69) is 30.7 Å². The summed E-state index contributed by atoms with van der Waals surface area (Å²) < 4.78 is 7.84. The molecule has 0 bridgehead atoms. The number of benzene rings is 3. The molecule has 1 unspecified atom stereocenters. The van der Waals surface area contributed by atoms with E-state index in [1.165, 1.54) is 11.3 Å². The van der Waals surface area contributed by atoms with Crippen molar-refractivity contribution in [2.24, 2.45) is 11.8 Å². The molecule has 6 amide bonds. The predicted octanol–water partition coefficient (Wildman–Crippen LogP) is 7.13. The Balaban J connectivity index is 0.691. The molecule has 2 aromatic heterocycles. The maximum Gasteiger partial charge on any atom is 0.264 e. The fourth-order valence-electron chi connectivity index (χ4n) is 12.0. The van der Waals surface area contributed by atoms with Gasteiger partial charge in [0.05, 0.1) is 32.6 Å². The maximum absolute atomic E-state index is 14.9. The van der Waals surface area contributed by atoms with Crippen molar-refractivity contribution in [2.45, 2.75) is 94.1 Å². The molecule has 0 spiro atoms. The number of nitrogens with one attached hydrogen (secondary N) is 3. The summed E-state index contributed by atoms with van der Waals surface area (Å²) in [5.74, 6) is 0.164. The van der Waals surface area contributed by atoms with E-state index in [1.807, 2.05) is 83.8 Å². The highest BCUT2D eigenvalue weighted by atomic mass is 35.5. The number of rotatable bonds is 11. The topological polar surface area (TPSA) is 186 Å². The van der Waals surface area contributed by atoms with Gasteiger partial charge in [0.1, 0.15) is 16.6 Å². The summed E-state index contributed by atoms with van der Waals surface area (Å²) in [6.07, 6.45) is 8.16. The number of thiazole rings is 1. The smallest absolute Gasteiger partial charge is 0.264 e. The summed E-state index contributed by atoms with van der Waals surface area (Å²) in [4.78, 5) is 98.1. The number of halogens is 1. The molecule has 11 rings (SSSR count). The molecule has 8 heterocycles. The largest absolute Gasteiger partial charge is 0.477 e. The number of hydrogen-bond donors (Lipinski definition) is 3. The number of carbonyl (C=O) groups excluding carboxylic acids is 6. The van der Waals surface area contributed by atoms with E-state index in [0.29, 0.717) is 66.2 Å². The summed E-state index contributed by atoms with van der Waals surface area (Å²) in [5, 5.41) is 10.0. The van der Waals surface area contributed by atoms with E-state index in [1.54, 1.807) is 11.1 Å². The highest BCUT2D eigenvalue weighted by molar-refractivity contribution is 7.22. The van der Waals surface area contributed by atoms with Crippen LogP contribution in [0.1, 0.15) is 93.6 Å². The van der Waals surface area contributed by atoms with Crippen LogP contribution in [-0.4, -0.2) is 131 Å². The van der Waals surface area contributed by atoms with E-state index in [-0.39, 0.29) is 85.7 Å². The molecule has 0 saturated carbocycles. The number of nitrogens with zero attached hydrogens (tertiary/aromatic N) is 6. The number of aromatic nitrogens is 2. The van der Waals surface area contributed by atoms with Gasteiger partial charge >= 0.3 is 0 Å². The number of amides is 6. The van der Waals surface area contributed by atoms with Gasteiger partial charge in [-0.05, 0) is 118 Å². The second kappa shape index (κ2) is 21.4. The zero-order valence-electron chi connectivity index (χ0n) is 41.4. The number of anilines is 2. The number of fused-ring (bicyclic) bond motifs is 2. The lowest BCUT2D eigenvalue weighted by Gasteiger charge is -2.43. The zero-order valence-corrected chi connectivity index (χ0v) is 43.0. The van der Waals surface area contributed by atoms with Crippen LogP contribution >= 0.6 is 22.9 Å². The standard InChI is InChI=1S/C56H62ClN9O7S/c57-43-8-5-10-45-50(43)74-52(61-45)41-7-2-4-11-46(41)73-56(21-30-66(31-22-56)54(71)42-33-49(68)60-44-9-3-1-6-40(42)44)55(72)59-38-19-28-65(29-20-38)53(70)36-17-24-63(25-18-36)34-35-15-26-64(27-16-35)47-32-37(14-23-58-47)39-12-13-48(67)62-51(39)69/h1-11,14,23,32,35-36,38-39,42H,12-13,15-22,24-31,33-34H2,(H,59,72)(H,60,68)(H,62,67,69)/t39?,42-/m0/s1. The van der Waals surface area contributed by atoms with Crippen molar-refractivity contribution in [3.63, 3.8) is 0 Å². The van der Waals surface area contributed by atoms with E-state index in [0.717, 1.165) is 91.1 Å². The molecule has 3 aromatic carbocycles. The molecule has 0 aliphatic carbocycles. The van der Waals surface area contributed by atoms with Crippen molar-refractivity contribution in [3.05, 3.63) is 101 Å². The number of likely N-dealkylation sites (tertiary alicyclic amines) is 3. The molecule has 0 radical (unpaired) electrons. The summed E-state index contributed by atoms with van der Waals surface area (Å²) in [5.41, 5.74) is 2.54. The summed E-state index contributed by atoms with van der Waals surface area (Å²) >= 11 is 8.04. The maximum atomic E-state index is 14.9. The molecule has 5 aromatic rings. The van der Waals surface area contributed by atoms with Crippen LogP contribution in [0, 0.1) is 11.8 Å². The first-order valence-electron chi connectivity index (χ1n) is 26.3. The van der Waals surface area contributed by atoms with E-state index in [9.17, 15) is 28.8 Å². The van der Waals surface area contributed by atoms with Crippen LogP contribution in [0.25, 0.3) is 20.8 Å². The molecule has 6 aliphatic rings. The molecule has 5 fully saturated rings. The lowest BCUT2D eigenvalue weighted by Crippen LogP contribution is -2.60. The number of hydrogen-bond acceptors (Lipinski definition) is 12. The van der Waals surface area contributed by atoms with Gasteiger partial charge in [0.15, 0.2) is 5.60 Å². The minimum Gasteiger partial charge on any atom is -0.477 e. The number of imide groups is 1. The fourth-order valence-corrected chi connectivity index (χ4v) is 13.3. The van der Waals surface area contributed by atoms with Gasteiger partial charge in [-0.25, -0.2) is 9.97 Å². The number of ether oxygens (including phenoxy) is 1. The van der Waals surface area contributed by atoms with Crippen molar-refractivity contribution < 1.29 is 33.5 Å². The Kier molecular flexibility index (Phi) is 14.4. The average Bonchev–Trinajstić information content (AvgIpc) is 3.87. The van der Waals surface area contributed by atoms with Crippen molar-refractivity contribution in [1.82, 2.24) is 35.3 Å². The number of carbonyl (C=O) groups is 6. The Morgan fingerprint density at radius 3 is 2.28 bits per heavy atom. The molecule has 2 atom stereocenters. The Morgan fingerprint density at radius 1 is 0.770 bits per heavy atom. The molecule has 6 aliphatic heterocycles. The molecule has 74 heavy (non-hydrogen) atoms. The van der Waals surface area contributed by atoms with Gasteiger partial charge in [-0.2, -0.15) is 0 Å². The fraction of sp³-hybridized carbons (Fsp3) is 0.464. The molecule has 18 heteroatoms. The highest BCUT2D eigenvalue weighted by Gasteiger charge is 2.47. The minimum absolute atomic E-state index is 0.0190. The average molecular weight is 1040 g/mol. The van der Waals surface area contributed by atoms with Crippen molar-refractivity contribution in [2.75, 3.05) is 69.1 Å². The second-order valence-electron chi connectivity index (χ2n) is 20.9. The molecule has 16 nitrogen and oxygen atoms in total. The van der Waals surface area contributed by atoms with Crippen LogP contribution in [0.4, 0.5) is 11.5 Å². The van der Waals surface area contributed by atoms with Crippen LogP contribution in [0.5, 0.6) is 5.75 Å². The SMILES string of the molecule is O=C1CCC(c2ccnc(N3CCC(CN4CCC(C(=O)N5CCC(NC(=O)C6(Oc7ccccc7-c7nc8cccc(Cl)c8s7)CCN(C(=O)[C@H]7CC(=O)Nc8ccccc87)CC6)CC5)CC4)CC3)c2)C(=O)N1. The third kappa shape index (κ3) is 10.5. The highest BCUT2D eigenvalue weighted by Crippen LogP contribution is 2.42. The molecule has 5 saturated heterocycles. The third-order valence-electron chi connectivity index (χ3n) is 16.3. The Morgan fingerprint density at radius 2 is 1.51 bits per heavy atom. The van der Waals surface area contributed by atoms with E-state index < -0.39 is 11.5 Å². The van der Waals surface area contributed by atoms with Crippen LogP contribution in [0.2, 0.25) is 5.02 Å². The second-order valence-corrected chi connectivity index (χ2v) is 22.4. The third-order valence-corrected chi connectivity index (χ3v) is 17.9. The van der Waals surface area contributed by atoms with Crippen molar-refractivity contribution in [3.8, 4) is 16.3 Å². The van der Waals surface area contributed by atoms with Crippen LogP contribution in [0.3, 0.4) is 0 Å². The first kappa shape index (κ1) is 49.8. The number of piperidine rings is 5. The Bertz CT molecular complexity index is 2950. The number of para-hydroxylation sites is 2. The summed E-state index contributed by atoms with van der Waals surface area (Å²) in [6, 6.07) is 24.4. The van der Waals surface area contributed by atoms with Gasteiger partial charge < -0.3 is 35.0 Å². The predicted molar refractivity (Wildman–Crippen MR) is 283 cm³/mol. The molecular formula is C56H62ClN9O7S. The van der Waals surface area contributed by atoms with Gasteiger partial charge in [0, 0.05) is 95.3 Å². The lowest BCUT2D eigenvalue weighted by atomic mass is 9.85. The van der Waals surface area contributed by atoms with E-state index in [4.69, 9.17) is 21.3 Å². The molecule has 3 N–H and O–H groups in total. The Hall–Kier alpha value is -6.43. The van der Waals surface area contributed by atoms with Gasteiger partial charge in [-0.15, -0.1) is 11.3 Å². The monoisotopic (exact) mass is 1040 g/mol. The summed E-state index contributed by atoms with van der Waals surface area (Å²) in [7, 11) is 0. The van der Waals surface area contributed by atoms with Gasteiger partial charge in [-0.3, -0.25) is 34.1 Å². The van der Waals surface area contributed by atoms with Crippen LogP contribution in [0.15, 0.2) is 85.1 Å². The Labute approximate surface area is 439 Å². The molecule has 386 valence electrons. The summed E-state index contributed by atoms with van der Waals surface area (Å²) in [6.45, 7) is 6.22. The lowest BCUT2D eigenvalue weighted by molar-refractivity contribution is -0.148. The van der Waals surface area contributed by atoms with Crippen LogP contribution < -0.4 is 25.6 Å². The molecular weight excluding hydrogens is 978 g/mol. The quantitative estimate of drug-likeness (QED) is 0.114. The van der Waals surface area contributed by atoms with Gasteiger partial charge in [-0.1, -0.05) is 48.0 Å². The minimum atomic E-state index is -1.32. The van der Waals surface area contributed by atoms with Crippen LogP contribution in [-0.2, 0) is 28.8 Å². The van der Waals surface area contributed by atoms with Crippen molar-refractivity contribution >= 4 is 80.1 Å². The zero-order chi connectivity index (χ0) is 50.9. The van der Waals surface area contributed by atoms with Gasteiger partial charge in [0.2, 0.25) is 29.5 Å². The number of pyridine rings is 1. The first-order valence-corrected chi connectivity index (χ1v) is 27.5. The van der Waals surface area contributed by atoms with E-state index >= 15 is 0 Å².